The third-order valence-electron chi connectivity index (χ3n) is 1.28. The normalized spacial score (nSPS) is 11.9. The van der Waals surface area contributed by atoms with Gasteiger partial charge in [-0.25, -0.2) is 0 Å². The van der Waals surface area contributed by atoms with Gasteiger partial charge in [-0.05, 0) is 13.3 Å². The first kappa shape index (κ1) is 9.52. The molecule has 1 nitrogen and oxygen atoms in total. The van der Waals surface area contributed by atoms with E-state index in [9.17, 15) is 0 Å². The highest BCUT2D eigenvalue weighted by molar-refractivity contribution is 5.02. The highest BCUT2D eigenvalue weighted by Gasteiger charge is 1.89. The van der Waals surface area contributed by atoms with Crippen LogP contribution in [0.15, 0.2) is 0 Å². The molecule has 0 spiro atoms. The number of rotatable bonds is 3. The maximum atomic E-state index is 8.59. The van der Waals surface area contributed by atoms with E-state index in [0.29, 0.717) is 0 Å². The molecule has 0 aromatic carbocycles. The van der Waals surface area contributed by atoms with E-state index in [1.165, 1.54) is 12.8 Å². The van der Waals surface area contributed by atoms with Crippen LogP contribution in [-0.4, -0.2) is 11.7 Å². The molecule has 0 aromatic rings. The van der Waals surface area contributed by atoms with Crippen molar-refractivity contribution < 1.29 is 5.11 Å². The Morgan fingerprint density at radius 1 is 1.50 bits per heavy atom. The molecule has 1 heteroatoms. The molecule has 0 unspecified atom stereocenters. The number of hydrogen-bond acceptors (Lipinski definition) is 1. The zero-order valence-electron chi connectivity index (χ0n) is 6.85. The summed E-state index contributed by atoms with van der Waals surface area (Å²) in [5.74, 6) is 6.14. The Balaban J connectivity index is 3.29. The second kappa shape index (κ2) is 6.64. The maximum absolute atomic E-state index is 8.59. The highest BCUT2D eigenvalue weighted by atomic mass is 16.3. The first-order valence-electron chi connectivity index (χ1n) is 3.90. The molecular weight excluding hydrogens is 124 g/mol. The van der Waals surface area contributed by atoms with E-state index in [4.69, 9.17) is 5.11 Å². The molecule has 1 N–H and O–H groups in total. The molecule has 1 atom stereocenters. The van der Waals surface area contributed by atoms with Gasteiger partial charge in [0, 0.05) is 12.3 Å². The summed E-state index contributed by atoms with van der Waals surface area (Å²) in [7, 11) is 0. The van der Waals surface area contributed by atoms with E-state index >= 15 is 0 Å². The highest BCUT2D eigenvalue weighted by Crippen LogP contribution is 1.93. The lowest BCUT2D eigenvalue weighted by Crippen LogP contribution is -1.95. The lowest BCUT2D eigenvalue weighted by Gasteiger charge is -1.93. The van der Waals surface area contributed by atoms with Crippen LogP contribution in [-0.2, 0) is 0 Å². The Bertz CT molecular complexity index is 118. The lowest BCUT2D eigenvalue weighted by molar-refractivity contribution is 0.266. The van der Waals surface area contributed by atoms with Crippen LogP contribution in [0, 0.1) is 17.8 Å². The van der Waals surface area contributed by atoms with Gasteiger partial charge < -0.3 is 5.11 Å². The van der Waals surface area contributed by atoms with Crippen LogP contribution in [0.1, 0.15) is 33.1 Å². The van der Waals surface area contributed by atoms with Crippen molar-refractivity contribution in [3.05, 3.63) is 0 Å². The lowest BCUT2D eigenvalue weighted by atomic mass is 10.2. The van der Waals surface area contributed by atoms with Crippen molar-refractivity contribution in [1.82, 2.24) is 0 Å². The average Bonchev–Trinajstić information content (AvgIpc) is 1.98. The Morgan fingerprint density at radius 2 is 2.20 bits per heavy atom. The number of unbranched alkanes of at least 4 members (excludes halogenated alkanes) is 2. The minimum Gasteiger partial charge on any atom is -0.395 e. The van der Waals surface area contributed by atoms with Crippen molar-refractivity contribution in [3.63, 3.8) is 0 Å². The van der Waals surface area contributed by atoms with Gasteiger partial charge >= 0.3 is 0 Å². The molecule has 10 heavy (non-hydrogen) atoms. The minimum absolute atomic E-state index is 0.150. The van der Waals surface area contributed by atoms with E-state index in [-0.39, 0.29) is 12.5 Å². The molecule has 0 aromatic heterocycles. The molecule has 0 saturated heterocycles. The predicted octanol–water partition coefficient (Wildman–Crippen LogP) is 1.81. The van der Waals surface area contributed by atoms with Gasteiger partial charge in [0.1, 0.15) is 0 Å². The van der Waals surface area contributed by atoms with Crippen LogP contribution >= 0.6 is 0 Å². The minimum atomic E-state index is 0.150. The fourth-order valence-electron chi connectivity index (χ4n) is 0.557. The molecule has 0 bridgehead atoms. The zero-order chi connectivity index (χ0) is 7.82. The summed E-state index contributed by atoms with van der Waals surface area (Å²) < 4.78 is 0. The number of aliphatic hydroxyl groups excluding tert-OH is 1. The first-order valence-corrected chi connectivity index (χ1v) is 3.90. The second-order valence-corrected chi connectivity index (χ2v) is 2.51. The van der Waals surface area contributed by atoms with Crippen LogP contribution in [0.5, 0.6) is 0 Å². The van der Waals surface area contributed by atoms with Crippen LogP contribution in [0.2, 0.25) is 0 Å². The SMILES string of the molecule is CCCCC#C[C@@H](C)CO. The molecular formula is C9H16O. The van der Waals surface area contributed by atoms with Gasteiger partial charge in [-0.15, -0.1) is 5.92 Å². The summed E-state index contributed by atoms with van der Waals surface area (Å²) >= 11 is 0. The third kappa shape index (κ3) is 5.65. The van der Waals surface area contributed by atoms with E-state index in [0.717, 1.165) is 6.42 Å². The molecule has 58 valence electrons. The molecule has 0 heterocycles. The zero-order valence-corrected chi connectivity index (χ0v) is 6.85. The van der Waals surface area contributed by atoms with E-state index in [1.807, 2.05) is 6.92 Å². The van der Waals surface area contributed by atoms with Gasteiger partial charge in [-0.1, -0.05) is 19.3 Å². The van der Waals surface area contributed by atoms with Crippen molar-refractivity contribution in [1.29, 1.82) is 0 Å². The largest absolute Gasteiger partial charge is 0.395 e. The standard InChI is InChI=1S/C9H16O/c1-3-4-5-6-7-9(2)8-10/h9-10H,3-5,8H2,1-2H3/t9-/m1/s1. The van der Waals surface area contributed by atoms with Gasteiger partial charge in [0.15, 0.2) is 0 Å². The maximum Gasteiger partial charge on any atom is 0.0566 e. The van der Waals surface area contributed by atoms with Crippen LogP contribution in [0.4, 0.5) is 0 Å². The van der Waals surface area contributed by atoms with Crippen molar-refractivity contribution in [2.24, 2.45) is 5.92 Å². The molecule has 0 radical (unpaired) electrons. The van der Waals surface area contributed by atoms with Gasteiger partial charge in [-0.3, -0.25) is 0 Å². The summed E-state index contributed by atoms with van der Waals surface area (Å²) in [6, 6.07) is 0. The topological polar surface area (TPSA) is 20.2 Å². The van der Waals surface area contributed by atoms with Crippen LogP contribution in [0.25, 0.3) is 0 Å². The fraction of sp³-hybridized carbons (Fsp3) is 0.778. The van der Waals surface area contributed by atoms with Crippen molar-refractivity contribution in [2.45, 2.75) is 33.1 Å². The van der Waals surface area contributed by atoms with E-state index < -0.39 is 0 Å². The Labute approximate surface area is 63.5 Å². The number of hydrogen-bond donors (Lipinski definition) is 1. The van der Waals surface area contributed by atoms with Gasteiger partial charge in [0.05, 0.1) is 6.61 Å². The molecule has 0 fully saturated rings. The van der Waals surface area contributed by atoms with Crippen molar-refractivity contribution in [2.75, 3.05) is 6.61 Å². The Morgan fingerprint density at radius 3 is 2.70 bits per heavy atom. The van der Waals surface area contributed by atoms with Crippen molar-refractivity contribution in [3.8, 4) is 11.8 Å². The second-order valence-electron chi connectivity index (χ2n) is 2.51. The third-order valence-corrected chi connectivity index (χ3v) is 1.28. The Hall–Kier alpha value is -0.480. The predicted molar refractivity (Wildman–Crippen MR) is 43.6 cm³/mol. The summed E-state index contributed by atoms with van der Waals surface area (Å²) in [4.78, 5) is 0. The quantitative estimate of drug-likeness (QED) is 0.468. The molecule has 0 amide bonds. The van der Waals surface area contributed by atoms with Gasteiger partial charge in [-0.2, -0.15) is 0 Å². The molecule has 0 aliphatic heterocycles. The summed E-state index contributed by atoms with van der Waals surface area (Å²) in [6.07, 6.45) is 3.34. The average molecular weight is 140 g/mol. The monoisotopic (exact) mass is 140 g/mol. The Kier molecular flexibility index (Phi) is 6.32. The number of aliphatic hydroxyl groups is 1. The smallest absolute Gasteiger partial charge is 0.0566 e. The van der Waals surface area contributed by atoms with Crippen molar-refractivity contribution >= 4 is 0 Å². The fourth-order valence-corrected chi connectivity index (χ4v) is 0.557. The molecule has 0 saturated carbocycles. The van der Waals surface area contributed by atoms with E-state index in [2.05, 4.69) is 18.8 Å². The van der Waals surface area contributed by atoms with Gasteiger partial charge in [0.25, 0.3) is 0 Å². The first-order chi connectivity index (χ1) is 4.81. The molecule has 0 aliphatic carbocycles. The summed E-state index contributed by atoms with van der Waals surface area (Å²) in [6.45, 7) is 4.26. The van der Waals surface area contributed by atoms with Crippen LogP contribution in [0.3, 0.4) is 0 Å². The summed E-state index contributed by atoms with van der Waals surface area (Å²) in [5, 5.41) is 8.59. The van der Waals surface area contributed by atoms with Crippen LogP contribution < -0.4 is 0 Å². The molecule has 0 aliphatic rings. The van der Waals surface area contributed by atoms with E-state index in [1.54, 1.807) is 0 Å². The summed E-state index contributed by atoms with van der Waals surface area (Å²) in [5.41, 5.74) is 0. The van der Waals surface area contributed by atoms with Gasteiger partial charge in [0.2, 0.25) is 0 Å². The molecule has 0 rings (SSSR count).